The summed E-state index contributed by atoms with van der Waals surface area (Å²) >= 11 is 0. The Balaban J connectivity index is 1.92. The van der Waals surface area contributed by atoms with Crippen LogP contribution in [-0.4, -0.2) is 15.6 Å². The van der Waals surface area contributed by atoms with E-state index >= 15 is 0 Å². The minimum absolute atomic E-state index is 0.210. The number of Topliss-reactive ketones (excluding diaryl/α,β-unsaturated/α-hetero) is 1. The van der Waals surface area contributed by atoms with Crippen LogP contribution in [0.2, 0.25) is 0 Å². The minimum Gasteiger partial charge on any atom is -0.294 e. The van der Waals surface area contributed by atoms with Crippen molar-refractivity contribution in [3.63, 3.8) is 0 Å². The molecule has 0 bridgehead atoms. The first-order valence-electron chi connectivity index (χ1n) is 8.14. The Morgan fingerprint density at radius 3 is 2.71 bits per heavy atom. The molecule has 1 heterocycles. The molecule has 0 unspecified atom stereocenters. The van der Waals surface area contributed by atoms with Gasteiger partial charge < -0.3 is 0 Å². The zero-order valence-electron chi connectivity index (χ0n) is 13.4. The summed E-state index contributed by atoms with van der Waals surface area (Å²) in [4.78, 5) is 12.3. The monoisotopic (exact) mass is 320 g/mol. The number of hydrogen-bond donors (Lipinski definition) is 0. The van der Waals surface area contributed by atoms with E-state index in [-0.39, 0.29) is 11.6 Å². The van der Waals surface area contributed by atoms with Gasteiger partial charge in [-0.05, 0) is 67.3 Å². The maximum absolute atomic E-state index is 13.2. The summed E-state index contributed by atoms with van der Waals surface area (Å²) in [5.74, 6) is -0.0538. The van der Waals surface area contributed by atoms with Gasteiger partial charge in [0.2, 0.25) is 0 Å². The van der Waals surface area contributed by atoms with Crippen LogP contribution < -0.4 is 0 Å². The minimum atomic E-state index is -0.264. The van der Waals surface area contributed by atoms with Crippen molar-refractivity contribution in [2.75, 3.05) is 0 Å². The molecular weight excluding hydrogens is 303 g/mol. The molecule has 4 rings (SSSR count). The third-order valence-corrected chi connectivity index (χ3v) is 4.59. The van der Waals surface area contributed by atoms with Gasteiger partial charge in [0.25, 0.3) is 0 Å². The summed E-state index contributed by atoms with van der Waals surface area (Å²) in [5.41, 5.74) is 4.79. The Kier molecular flexibility index (Phi) is 3.53. The summed E-state index contributed by atoms with van der Waals surface area (Å²) < 4.78 is 15.0. The van der Waals surface area contributed by atoms with E-state index in [1.54, 1.807) is 18.3 Å². The lowest BCUT2D eigenvalue weighted by Gasteiger charge is -2.10. The second-order valence-corrected chi connectivity index (χ2v) is 6.08. The number of rotatable bonds is 1. The molecule has 0 aliphatic heterocycles. The van der Waals surface area contributed by atoms with Crippen LogP contribution in [0.1, 0.15) is 30.9 Å². The molecule has 0 atom stereocenters. The molecule has 120 valence electrons. The highest BCUT2D eigenvalue weighted by molar-refractivity contribution is 6.21. The van der Waals surface area contributed by atoms with E-state index in [9.17, 15) is 9.18 Å². The molecule has 0 N–H and O–H groups in total. The molecule has 3 aromatic rings. The number of aryl methyl sites for hydroxylation is 1. The Labute approximate surface area is 139 Å². The van der Waals surface area contributed by atoms with Crippen LogP contribution in [0.4, 0.5) is 4.39 Å². The van der Waals surface area contributed by atoms with Crippen molar-refractivity contribution in [3.8, 4) is 5.69 Å². The van der Waals surface area contributed by atoms with Gasteiger partial charge in [0.05, 0.1) is 17.4 Å². The number of halogens is 1. The van der Waals surface area contributed by atoms with Crippen molar-refractivity contribution in [1.29, 1.82) is 0 Å². The molecule has 0 spiro atoms. The zero-order chi connectivity index (χ0) is 16.7. The normalized spacial score (nSPS) is 16.4. The number of aromatic nitrogens is 2. The number of carbonyl (C=O) groups excluding carboxylic acids is 1. The van der Waals surface area contributed by atoms with Crippen molar-refractivity contribution in [1.82, 2.24) is 9.78 Å². The maximum Gasteiger partial charge on any atom is 0.163 e. The smallest absolute Gasteiger partial charge is 0.163 e. The van der Waals surface area contributed by atoms with Crippen molar-refractivity contribution in [3.05, 3.63) is 65.6 Å². The lowest BCUT2D eigenvalue weighted by molar-refractivity contribution is -0.113. The first kappa shape index (κ1) is 14.8. The fraction of sp³-hybridized carbons (Fsp3) is 0.200. The summed E-state index contributed by atoms with van der Waals surface area (Å²) in [6.07, 6.45) is 6.03. The SMILES string of the molecule is CC=C1C(=O)CCCc2cc3c(cnn3-c3ccc(F)cc3)cc21. The molecule has 2 aromatic carbocycles. The quantitative estimate of drug-likeness (QED) is 0.490. The highest BCUT2D eigenvalue weighted by Gasteiger charge is 2.20. The van der Waals surface area contributed by atoms with E-state index in [1.807, 2.05) is 17.7 Å². The van der Waals surface area contributed by atoms with Crippen molar-refractivity contribution >= 4 is 22.3 Å². The number of carbonyl (C=O) groups is 1. The average Bonchev–Trinajstić information content (AvgIpc) is 2.91. The third-order valence-electron chi connectivity index (χ3n) is 4.59. The van der Waals surface area contributed by atoms with Crippen LogP contribution >= 0.6 is 0 Å². The molecular formula is C20H17FN2O. The number of benzene rings is 2. The van der Waals surface area contributed by atoms with E-state index in [4.69, 9.17) is 0 Å². The molecule has 0 amide bonds. The van der Waals surface area contributed by atoms with E-state index in [0.717, 1.165) is 40.6 Å². The molecule has 24 heavy (non-hydrogen) atoms. The standard InChI is InChI=1S/C20H17FN2O/c1-2-17-18-10-14-12-22-23(16-8-6-15(21)7-9-16)19(14)11-13(18)4-3-5-20(17)24/h2,6-12H,3-5H2,1H3. The van der Waals surface area contributed by atoms with E-state index in [1.165, 1.54) is 17.7 Å². The van der Waals surface area contributed by atoms with Gasteiger partial charge in [0.15, 0.2) is 5.78 Å². The first-order valence-corrected chi connectivity index (χ1v) is 8.14. The van der Waals surface area contributed by atoms with Crippen LogP contribution in [0.5, 0.6) is 0 Å². The van der Waals surface area contributed by atoms with Gasteiger partial charge in [0.1, 0.15) is 5.82 Å². The van der Waals surface area contributed by atoms with Crippen molar-refractivity contribution < 1.29 is 9.18 Å². The lowest BCUT2D eigenvalue weighted by Crippen LogP contribution is -2.00. The summed E-state index contributed by atoms with van der Waals surface area (Å²) in [6, 6.07) is 10.5. The molecule has 0 saturated carbocycles. The van der Waals surface area contributed by atoms with Gasteiger partial charge in [-0.15, -0.1) is 0 Å². The van der Waals surface area contributed by atoms with Crippen LogP contribution in [0.25, 0.3) is 22.2 Å². The summed E-state index contributed by atoms with van der Waals surface area (Å²) in [7, 11) is 0. The molecule has 0 fully saturated rings. The summed E-state index contributed by atoms with van der Waals surface area (Å²) in [5, 5.41) is 5.43. The molecule has 4 heteroatoms. The lowest BCUT2D eigenvalue weighted by atomic mass is 9.96. The van der Waals surface area contributed by atoms with Crippen LogP contribution in [0.15, 0.2) is 48.7 Å². The number of nitrogens with zero attached hydrogens (tertiary/aromatic N) is 2. The van der Waals surface area contributed by atoms with Gasteiger partial charge in [-0.25, -0.2) is 9.07 Å². The number of allylic oxidation sites excluding steroid dienone is 2. The largest absolute Gasteiger partial charge is 0.294 e. The van der Waals surface area contributed by atoms with E-state index in [0.29, 0.717) is 6.42 Å². The fourth-order valence-electron chi connectivity index (χ4n) is 3.40. The highest BCUT2D eigenvalue weighted by atomic mass is 19.1. The maximum atomic E-state index is 13.2. The van der Waals surface area contributed by atoms with Gasteiger partial charge in [-0.2, -0.15) is 5.10 Å². The second-order valence-electron chi connectivity index (χ2n) is 6.08. The predicted octanol–water partition coefficient (Wildman–Crippen LogP) is 4.47. The molecule has 1 aliphatic rings. The zero-order valence-corrected chi connectivity index (χ0v) is 13.4. The molecule has 0 saturated heterocycles. The Morgan fingerprint density at radius 2 is 1.96 bits per heavy atom. The van der Waals surface area contributed by atoms with Crippen LogP contribution in [-0.2, 0) is 11.2 Å². The topological polar surface area (TPSA) is 34.9 Å². The Bertz CT molecular complexity index is 967. The Morgan fingerprint density at radius 1 is 1.17 bits per heavy atom. The number of fused-ring (bicyclic) bond motifs is 2. The van der Waals surface area contributed by atoms with Crippen LogP contribution in [0, 0.1) is 5.82 Å². The molecule has 1 aliphatic carbocycles. The molecule has 1 aromatic heterocycles. The average molecular weight is 320 g/mol. The van der Waals surface area contributed by atoms with E-state index < -0.39 is 0 Å². The third kappa shape index (κ3) is 2.35. The van der Waals surface area contributed by atoms with Gasteiger partial charge in [-0.3, -0.25) is 4.79 Å². The highest BCUT2D eigenvalue weighted by Crippen LogP contribution is 2.32. The second kappa shape index (κ2) is 5.71. The summed E-state index contributed by atoms with van der Waals surface area (Å²) in [6.45, 7) is 1.91. The van der Waals surface area contributed by atoms with Crippen molar-refractivity contribution in [2.45, 2.75) is 26.2 Å². The van der Waals surface area contributed by atoms with Gasteiger partial charge in [0, 0.05) is 17.4 Å². The number of ketones is 1. The van der Waals surface area contributed by atoms with Crippen molar-refractivity contribution in [2.24, 2.45) is 0 Å². The fourth-order valence-corrected chi connectivity index (χ4v) is 3.40. The number of hydrogen-bond acceptors (Lipinski definition) is 2. The molecule has 3 nitrogen and oxygen atoms in total. The first-order chi connectivity index (χ1) is 11.7. The van der Waals surface area contributed by atoms with Gasteiger partial charge in [-0.1, -0.05) is 6.08 Å². The van der Waals surface area contributed by atoms with Crippen LogP contribution in [0.3, 0.4) is 0 Å². The molecule has 0 radical (unpaired) electrons. The van der Waals surface area contributed by atoms with Gasteiger partial charge >= 0.3 is 0 Å². The van der Waals surface area contributed by atoms with E-state index in [2.05, 4.69) is 17.2 Å². The Hall–Kier alpha value is -2.75. The predicted molar refractivity (Wildman–Crippen MR) is 92.6 cm³/mol.